The molecule has 0 saturated heterocycles. The molecule has 0 aromatic heterocycles. The first-order valence-corrected chi connectivity index (χ1v) is 5.86. The summed E-state index contributed by atoms with van der Waals surface area (Å²) in [6, 6.07) is 4.58. The summed E-state index contributed by atoms with van der Waals surface area (Å²) in [5, 5.41) is 0. The van der Waals surface area contributed by atoms with E-state index < -0.39 is 0 Å². The lowest BCUT2D eigenvalue weighted by Crippen LogP contribution is -2.18. The zero-order valence-corrected chi connectivity index (χ0v) is 11.0. The molecule has 1 aromatic carbocycles. The zero-order chi connectivity index (χ0) is 12.3. The molecule has 1 rings (SSSR count). The Labute approximate surface area is 98.8 Å². The molecule has 0 amide bonds. The number of hydrogen-bond acceptors (Lipinski definition) is 2. The molecule has 0 aliphatic heterocycles. The molecule has 2 nitrogen and oxygen atoms in total. The van der Waals surface area contributed by atoms with Crippen molar-refractivity contribution >= 4 is 0 Å². The van der Waals surface area contributed by atoms with Crippen molar-refractivity contribution in [3.63, 3.8) is 0 Å². The molecule has 2 heteroatoms. The van der Waals surface area contributed by atoms with Crippen LogP contribution in [0.5, 0.6) is 5.75 Å². The SMILES string of the molecule is COc1cc(C)c(C(C)CC(C)N)cc1C. The number of aryl methyl sites for hydroxylation is 2. The van der Waals surface area contributed by atoms with Crippen LogP contribution in [0.2, 0.25) is 0 Å². The van der Waals surface area contributed by atoms with Crippen LogP contribution in [-0.4, -0.2) is 13.2 Å². The highest BCUT2D eigenvalue weighted by molar-refractivity contribution is 5.42. The van der Waals surface area contributed by atoms with E-state index in [2.05, 4.69) is 39.8 Å². The van der Waals surface area contributed by atoms with Crippen LogP contribution >= 0.6 is 0 Å². The second kappa shape index (κ2) is 5.35. The summed E-state index contributed by atoms with van der Waals surface area (Å²) < 4.78 is 5.32. The van der Waals surface area contributed by atoms with E-state index in [0.717, 1.165) is 12.2 Å². The van der Waals surface area contributed by atoms with Gasteiger partial charge in [-0.05, 0) is 55.9 Å². The largest absolute Gasteiger partial charge is 0.496 e. The van der Waals surface area contributed by atoms with Gasteiger partial charge in [0.05, 0.1) is 7.11 Å². The number of benzene rings is 1. The highest BCUT2D eigenvalue weighted by Crippen LogP contribution is 2.29. The van der Waals surface area contributed by atoms with Crippen LogP contribution < -0.4 is 10.5 Å². The Morgan fingerprint density at radius 3 is 2.31 bits per heavy atom. The van der Waals surface area contributed by atoms with Gasteiger partial charge in [0.25, 0.3) is 0 Å². The Balaban J connectivity index is 3.01. The Bertz CT molecular complexity index is 358. The fourth-order valence-corrected chi connectivity index (χ4v) is 2.25. The predicted octanol–water partition coefficient (Wildman–Crippen LogP) is 3.15. The first-order valence-electron chi connectivity index (χ1n) is 5.86. The Morgan fingerprint density at radius 1 is 1.19 bits per heavy atom. The van der Waals surface area contributed by atoms with Gasteiger partial charge in [-0.1, -0.05) is 13.0 Å². The van der Waals surface area contributed by atoms with Crippen LogP contribution in [0.25, 0.3) is 0 Å². The van der Waals surface area contributed by atoms with Crippen LogP contribution in [0.1, 0.15) is 42.9 Å². The van der Waals surface area contributed by atoms with Crippen molar-refractivity contribution in [2.45, 2.75) is 46.1 Å². The molecule has 0 bridgehead atoms. The van der Waals surface area contributed by atoms with Gasteiger partial charge in [-0.25, -0.2) is 0 Å². The molecule has 0 fully saturated rings. The maximum Gasteiger partial charge on any atom is 0.122 e. The third-order valence-corrected chi connectivity index (χ3v) is 3.04. The van der Waals surface area contributed by atoms with E-state index in [1.165, 1.54) is 16.7 Å². The van der Waals surface area contributed by atoms with Crippen molar-refractivity contribution in [1.29, 1.82) is 0 Å². The smallest absolute Gasteiger partial charge is 0.122 e. The van der Waals surface area contributed by atoms with Gasteiger partial charge in [0.1, 0.15) is 5.75 Å². The Morgan fingerprint density at radius 2 is 1.81 bits per heavy atom. The zero-order valence-electron chi connectivity index (χ0n) is 11.0. The van der Waals surface area contributed by atoms with Gasteiger partial charge >= 0.3 is 0 Å². The third-order valence-electron chi connectivity index (χ3n) is 3.04. The number of rotatable bonds is 4. The van der Waals surface area contributed by atoms with Crippen LogP contribution in [0.15, 0.2) is 12.1 Å². The van der Waals surface area contributed by atoms with E-state index >= 15 is 0 Å². The summed E-state index contributed by atoms with van der Waals surface area (Å²) in [7, 11) is 1.72. The van der Waals surface area contributed by atoms with E-state index in [-0.39, 0.29) is 6.04 Å². The molecule has 2 N–H and O–H groups in total. The van der Waals surface area contributed by atoms with Gasteiger partial charge in [-0.2, -0.15) is 0 Å². The van der Waals surface area contributed by atoms with Crippen LogP contribution in [0.4, 0.5) is 0 Å². The number of nitrogens with two attached hydrogens (primary N) is 1. The van der Waals surface area contributed by atoms with Crippen molar-refractivity contribution < 1.29 is 4.74 Å². The van der Waals surface area contributed by atoms with E-state index in [1.54, 1.807) is 7.11 Å². The molecule has 0 heterocycles. The van der Waals surface area contributed by atoms with Gasteiger partial charge in [0, 0.05) is 6.04 Å². The topological polar surface area (TPSA) is 35.2 Å². The summed E-state index contributed by atoms with van der Waals surface area (Å²) in [5.41, 5.74) is 9.72. The number of ether oxygens (including phenoxy) is 1. The van der Waals surface area contributed by atoms with Gasteiger partial charge in [0.15, 0.2) is 0 Å². The molecule has 0 radical (unpaired) electrons. The van der Waals surface area contributed by atoms with Crippen molar-refractivity contribution in [2.75, 3.05) is 7.11 Å². The van der Waals surface area contributed by atoms with Crippen molar-refractivity contribution in [3.05, 3.63) is 28.8 Å². The fraction of sp³-hybridized carbons (Fsp3) is 0.571. The quantitative estimate of drug-likeness (QED) is 0.847. The average molecular weight is 221 g/mol. The van der Waals surface area contributed by atoms with Crippen LogP contribution in [-0.2, 0) is 0 Å². The molecule has 16 heavy (non-hydrogen) atoms. The first kappa shape index (κ1) is 13.0. The first-order chi connectivity index (χ1) is 7.45. The summed E-state index contributed by atoms with van der Waals surface area (Å²) in [4.78, 5) is 0. The lowest BCUT2D eigenvalue weighted by atomic mass is 9.90. The van der Waals surface area contributed by atoms with Gasteiger partial charge in [0.2, 0.25) is 0 Å². The van der Waals surface area contributed by atoms with E-state index in [9.17, 15) is 0 Å². The number of methoxy groups -OCH3 is 1. The third kappa shape index (κ3) is 2.99. The number of hydrogen-bond donors (Lipinski definition) is 1. The van der Waals surface area contributed by atoms with Gasteiger partial charge in [-0.15, -0.1) is 0 Å². The molecule has 1 aromatic rings. The summed E-state index contributed by atoms with van der Waals surface area (Å²) >= 11 is 0. The molecule has 2 atom stereocenters. The van der Waals surface area contributed by atoms with E-state index in [4.69, 9.17) is 10.5 Å². The molecule has 0 aliphatic carbocycles. The molecule has 2 unspecified atom stereocenters. The van der Waals surface area contributed by atoms with E-state index in [0.29, 0.717) is 5.92 Å². The Kier molecular flexibility index (Phi) is 4.36. The maximum atomic E-state index is 5.85. The lowest BCUT2D eigenvalue weighted by Gasteiger charge is -2.18. The molecular formula is C14H23NO. The molecule has 0 aliphatic rings. The lowest BCUT2D eigenvalue weighted by molar-refractivity contribution is 0.411. The van der Waals surface area contributed by atoms with Gasteiger partial charge in [-0.3, -0.25) is 0 Å². The second-order valence-corrected chi connectivity index (χ2v) is 4.79. The Hall–Kier alpha value is -1.02. The predicted molar refractivity (Wildman–Crippen MR) is 69.1 cm³/mol. The highest BCUT2D eigenvalue weighted by Gasteiger charge is 2.12. The van der Waals surface area contributed by atoms with Crippen LogP contribution in [0, 0.1) is 13.8 Å². The minimum atomic E-state index is 0.247. The monoisotopic (exact) mass is 221 g/mol. The minimum absolute atomic E-state index is 0.247. The standard InChI is InChI=1S/C14H23NO/c1-9(6-12(4)15)13-7-11(3)14(16-5)8-10(13)2/h7-9,12H,6,15H2,1-5H3. The summed E-state index contributed by atoms with van der Waals surface area (Å²) in [5.74, 6) is 1.47. The normalized spacial score (nSPS) is 14.6. The highest BCUT2D eigenvalue weighted by atomic mass is 16.5. The van der Waals surface area contributed by atoms with Crippen molar-refractivity contribution in [1.82, 2.24) is 0 Å². The van der Waals surface area contributed by atoms with Crippen LogP contribution in [0.3, 0.4) is 0 Å². The molecule has 0 spiro atoms. The molecule has 90 valence electrons. The maximum absolute atomic E-state index is 5.85. The average Bonchev–Trinajstić information content (AvgIpc) is 2.19. The van der Waals surface area contributed by atoms with Crippen molar-refractivity contribution in [3.8, 4) is 5.75 Å². The summed E-state index contributed by atoms with van der Waals surface area (Å²) in [6.07, 6.45) is 1.02. The summed E-state index contributed by atoms with van der Waals surface area (Å²) in [6.45, 7) is 8.51. The molecule has 0 saturated carbocycles. The van der Waals surface area contributed by atoms with E-state index in [1.807, 2.05) is 0 Å². The second-order valence-electron chi connectivity index (χ2n) is 4.79. The van der Waals surface area contributed by atoms with Gasteiger partial charge < -0.3 is 10.5 Å². The molecular weight excluding hydrogens is 198 g/mol. The van der Waals surface area contributed by atoms with Crippen molar-refractivity contribution in [2.24, 2.45) is 5.73 Å². The minimum Gasteiger partial charge on any atom is -0.496 e. The fourth-order valence-electron chi connectivity index (χ4n) is 2.25.